The quantitative estimate of drug-likeness (QED) is 0.260. The van der Waals surface area contributed by atoms with Crippen molar-refractivity contribution in [3.8, 4) is 16.9 Å². The maximum absolute atomic E-state index is 11.6. The lowest BCUT2D eigenvalue weighted by atomic mass is 9.98. The SMILES string of the molecule is O=[N+]([O-])c1ccccc1-c1cccc2c1c1ccc(Cl)cc1n2-c1ccccn1. The topological polar surface area (TPSA) is 61.0 Å². The van der Waals surface area contributed by atoms with Crippen LogP contribution in [-0.2, 0) is 0 Å². The summed E-state index contributed by atoms with van der Waals surface area (Å²) in [6, 6.07) is 24.0. The van der Waals surface area contributed by atoms with Crippen molar-refractivity contribution in [2.24, 2.45) is 0 Å². The van der Waals surface area contributed by atoms with E-state index in [0.717, 1.165) is 33.2 Å². The fourth-order valence-corrected chi connectivity index (χ4v) is 4.02. The smallest absolute Gasteiger partial charge is 0.277 e. The van der Waals surface area contributed by atoms with E-state index in [1.165, 1.54) is 6.07 Å². The van der Waals surface area contributed by atoms with E-state index in [2.05, 4.69) is 4.98 Å². The summed E-state index contributed by atoms with van der Waals surface area (Å²) in [7, 11) is 0. The summed E-state index contributed by atoms with van der Waals surface area (Å²) in [5.74, 6) is 0.759. The van der Waals surface area contributed by atoms with Gasteiger partial charge >= 0.3 is 0 Å². The van der Waals surface area contributed by atoms with Gasteiger partial charge in [-0.1, -0.05) is 48.0 Å². The predicted molar refractivity (Wildman–Crippen MR) is 116 cm³/mol. The van der Waals surface area contributed by atoms with E-state index >= 15 is 0 Å². The van der Waals surface area contributed by atoms with Crippen molar-refractivity contribution in [2.45, 2.75) is 0 Å². The van der Waals surface area contributed by atoms with Crippen molar-refractivity contribution >= 4 is 39.1 Å². The molecule has 0 radical (unpaired) electrons. The number of aromatic nitrogens is 2. The average Bonchev–Trinajstić information content (AvgIpc) is 3.07. The molecule has 0 atom stereocenters. The highest BCUT2D eigenvalue weighted by atomic mass is 35.5. The predicted octanol–water partition coefficient (Wildman–Crippen LogP) is 6.41. The van der Waals surface area contributed by atoms with Crippen LogP contribution >= 0.6 is 11.6 Å². The van der Waals surface area contributed by atoms with Crippen molar-refractivity contribution in [1.82, 2.24) is 9.55 Å². The molecule has 5 rings (SSSR count). The van der Waals surface area contributed by atoms with Gasteiger partial charge in [0, 0.05) is 28.1 Å². The molecule has 140 valence electrons. The summed E-state index contributed by atoms with van der Waals surface area (Å²) in [5, 5.41) is 14.1. The molecule has 0 aliphatic heterocycles. The maximum atomic E-state index is 11.6. The number of pyridine rings is 1. The molecule has 0 amide bonds. The number of para-hydroxylation sites is 1. The van der Waals surface area contributed by atoms with Gasteiger partial charge in [0.05, 0.1) is 21.5 Å². The van der Waals surface area contributed by atoms with E-state index in [9.17, 15) is 10.1 Å². The molecule has 0 spiro atoms. The van der Waals surface area contributed by atoms with Crippen LogP contribution in [0, 0.1) is 10.1 Å². The van der Waals surface area contributed by atoms with Crippen LogP contribution in [0.4, 0.5) is 5.69 Å². The zero-order chi connectivity index (χ0) is 20.0. The van der Waals surface area contributed by atoms with Crippen molar-refractivity contribution in [2.75, 3.05) is 0 Å². The standard InChI is InChI=1S/C23H14ClN3O2/c24-15-11-12-18-21(14-15)26(22-10-3-4-13-25-22)20-9-5-7-17(23(18)20)16-6-1-2-8-19(16)27(28)29/h1-14H. The first-order chi connectivity index (χ1) is 14.1. The molecular weight excluding hydrogens is 386 g/mol. The Balaban J connectivity index is 1.96. The molecule has 0 saturated heterocycles. The molecule has 0 bridgehead atoms. The second-order valence-corrected chi connectivity index (χ2v) is 7.10. The summed E-state index contributed by atoms with van der Waals surface area (Å²) in [4.78, 5) is 15.8. The minimum Gasteiger partial charge on any atom is -0.294 e. The van der Waals surface area contributed by atoms with Crippen LogP contribution in [0.25, 0.3) is 38.8 Å². The van der Waals surface area contributed by atoms with E-state index in [4.69, 9.17) is 11.6 Å². The lowest BCUT2D eigenvalue weighted by Gasteiger charge is -2.08. The number of hydrogen-bond acceptors (Lipinski definition) is 3. The van der Waals surface area contributed by atoms with Gasteiger partial charge in [0.1, 0.15) is 5.82 Å². The van der Waals surface area contributed by atoms with Gasteiger partial charge in [-0.15, -0.1) is 0 Å². The Bertz CT molecular complexity index is 1390. The van der Waals surface area contributed by atoms with Crippen LogP contribution in [0.3, 0.4) is 0 Å². The first kappa shape index (κ1) is 17.4. The van der Waals surface area contributed by atoms with Crippen LogP contribution < -0.4 is 0 Å². The molecule has 5 aromatic rings. The maximum Gasteiger partial charge on any atom is 0.277 e. The molecule has 29 heavy (non-hydrogen) atoms. The lowest BCUT2D eigenvalue weighted by molar-refractivity contribution is -0.384. The number of rotatable bonds is 3. The highest BCUT2D eigenvalue weighted by molar-refractivity contribution is 6.32. The third kappa shape index (κ3) is 2.75. The number of nitro groups is 1. The summed E-state index contributed by atoms with van der Waals surface area (Å²) in [6.07, 6.45) is 1.74. The fourth-order valence-electron chi connectivity index (χ4n) is 3.86. The van der Waals surface area contributed by atoms with E-state index < -0.39 is 0 Å². The number of fused-ring (bicyclic) bond motifs is 3. The van der Waals surface area contributed by atoms with Crippen molar-refractivity contribution in [1.29, 1.82) is 0 Å². The van der Waals surface area contributed by atoms with Gasteiger partial charge in [0.15, 0.2) is 0 Å². The van der Waals surface area contributed by atoms with Gasteiger partial charge in [-0.3, -0.25) is 14.7 Å². The lowest BCUT2D eigenvalue weighted by Crippen LogP contribution is -1.96. The molecular formula is C23H14ClN3O2. The van der Waals surface area contributed by atoms with Gasteiger partial charge in [-0.25, -0.2) is 4.98 Å². The van der Waals surface area contributed by atoms with Crippen LogP contribution in [0.5, 0.6) is 0 Å². The Morgan fingerprint density at radius 1 is 0.862 bits per heavy atom. The van der Waals surface area contributed by atoms with E-state index in [1.54, 1.807) is 18.3 Å². The number of hydrogen-bond donors (Lipinski definition) is 0. The van der Waals surface area contributed by atoms with Gasteiger partial charge in [-0.2, -0.15) is 0 Å². The van der Waals surface area contributed by atoms with Crippen LogP contribution in [-0.4, -0.2) is 14.5 Å². The molecule has 0 unspecified atom stereocenters. The Morgan fingerprint density at radius 2 is 1.66 bits per heavy atom. The van der Waals surface area contributed by atoms with E-state index in [0.29, 0.717) is 10.6 Å². The number of nitrogens with zero attached hydrogens (tertiary/aromatic N) is 3. The number of benzene rings is 3. The molecule has 0 N–H and O–H groups in total. The molecule has 2 heterocycles. The normalized spacial score (nSPS) is 11.2. The zero-order valence-electron chi connectivity index (χ0n) is 15.1. The first-order valence-electron chi connectivity index (χ1n) is 9.03. The van der Waals surface area contributed by atoms with Crippen molar-refractivity contribution in [3.05, 3.63) is 100 Å². The van der Waals surface area contributed by atoms with E-state index in [-0.39, 0.29) is 10.6 Å². The summed E-state index contributed by atoms with van der Waals surface area (Å²) >= 11 is 6.31. The minimum absolute atomic E-state index is 0.0766. The molecule has 3 aromatic carbocycles. The molecule has 0 saturated carbocycles. The summed E-state index contributed by atoms with van der Waals surface area (Å²) in [5.41, 5.74) is 3.27. The Hall–Kier alpha value is -3.70. The Labute approximate surface area is 171 Å². The number of nitro benzene ring substituents is 1. The molecule has 5 nitrogen and oxygen atoms in total. The third-order valence-electron chi connectivity index (χ3n) is 5.02. The van der Waals surface area contributed by atoms with Crippen LogP contribution in [0.2, 0.25) is 5.02 Å². The second kappa shape index (κ2) is 6.72. The van der Waals surface area contributed by atoms with Gasteiger partial charge < -0.3 is 0 Å². The Kier molecular flexibility index (Phi) is 4.03. The average molecular weight is 400 g/mol. The molecule has 0 aliphatic rings. The first-order valence-corrected chi connectivity index (χ1v) is 9.41. The van der Waals surface area contributed by atoms with E-state index in [1.807, 2.05) is 65.2 Å². The zero-order valence-corrected chi connectivity index (χ0v) is 15.9. The fraction of sp³-hybridized carbons (Fsp3) is 0. The minimum atomic E-state index is -0.344. The van der Waals surface area contributed by atoms with Crippen LogP contribution in [0.15, 0.2) is 85.1 Å². The molecule has 0 aliphatic carbocycles. The molecule has 2 aromatic heterocycles. The Morgan fingerprint density at radius 3 is 2.45 bits per heavy atom. The van der Waals surface area contributed by atoms with Gasteiger partial charge in [-0.05, 0) is 42.0 Å². The van der Waals surface area contributed by atoms with Crippen molar-refractivity contribution in [3.63, 3.8) is 0 Å². The van der Waals surface area contributed by atoms with Gasteiger partial charge in [0.25, 0.3) is 5.69 Å². The number of halogens is 1. The molecule has 0 fully saturated rings. The monoisotopic (exact) mass is 399 g/mol. The summed E-state index contributed by atoms with van der Waals surface area (Å²) < 4.78 is 2.04. The highest BCUT2D eigenvalue weighted by Gasteiger charge is 2.21. The van der Waals surface area contributed by atoms with Crippen molar-refractivity contribution < 1.29 is 4.92 Å². The molecule has 6 heteroatoms. The second-order valence-electron chi connectivity index (χ2n) is 6.66. The van der Waals surface area contributed by atoms with Gasteiger partial charge in [0.2, 0.25) is 0 Å². The van der Waals surface area contributed by atoms with Crippen LogP contribution in [0.1, 0.15) is 0 Å². The highest BCUT2D eigenvalue weighted by Crippen LogP contribution is 2.41. The third-order valence-corrected chi connectivity index (χ3v) is 5.26. The summed E-state index contributed by atoms with van der Waals surface area (Å²) in [6.45, 7) is 0. The largest absolute Gasteiger partial charge is 0.294 e.